The van der Waals surface area contributed by atoms with Gasteiger partial charge >= 0.3 is 0 Å². The van der Waals surface area contributed by atoms with Gasteiger partial charge in [-0.2, -0.15) is 0 Å². The van der Waals surface area contributed by atoms with Crippen LogP contribution in [0, 0.1) is 38.0 Å². The van der Waals surface area contributed by atoms with Gasteiger partial charge in [-0.3, -0.25) is 0 Å². The average Bonchev–Trinajstić information content (AvgIpc) is 3.70. The summed E-state index contributed by atoms with van der Waals surface area (Å²) in [7, 11) is 0. The van der Waals surface area contributed by atoms with Crippen molar-refractivity contribution in [1.29, 1.82) is 0 Å². The lowest BCUT2D eigenvalue weighted by molar-refractivity contribution is 0.522. The molecule has 0 spiro atoms. The Morgan fingerprint density at radius 2 is 1.24 bits per heavy atom. The number of allylic oxidation sites excluding steroid dienone is 6. The molecule has 8 rings (SSSR count). The molecule has 0 N–H and O–H groups in total. The van der Waals surface area contributed by atoms with Gasteiger partial charge in [-0.25, -0.2) is 0 Å². The maximum atomic E-state index is 6.08. The van der Waals surface area contributed by atoms with Crippen LogP contribution < -0.4 is 15.3 Å². The molecular weight excluding hydrogens is 795 g/mol. The summed E-state index contributed by atoms with van der Waals surface area (Å²) < 4.78 is 0. The van der Waals surface area contributed by atoms with E-state index in [9.17, 15) is 0 Å². The van der Waals surface area contributed by atoms with E-state index in [0.29, 0.717) is 5.41 Å². The van der Waals surface area contributed by atoms with Crippen LogP contribution >= 0.6 is 0 Å². The molecule has 0 saturated heterocycles. The number of rotatable bonds is 8. The van der Waals surface area contributed by atoms with E-state index < -0.39 is 5.41 Å². The number of aryl methyl sites for hydroxylation is 1. The molecule has 1 nitrogen and oxygen atoms in total. The Bertz CT molecular complexity index is 2820. The molecule has 66 heavy (non-hydrogen) atoms. The van der Waals surface area contributed by atoms with Crippen molar-refractivity contribution in [3.8, 4) is 49.2 Å². The molecule has 1 atom stereocenters. The van der Waals surface area contributed by atoms with Crippen molar-refractivity contribution in [2.24, 2.45) is 0 Å². The fourth-order valence-corrected chi connectivity index (χ4v) is 9.64. The van der Waals surface area contributed by atoms with Gasteiger partial charge in [0.1, 0.15) is 0 Å². The minimum Gasteiger partial charge on any atom is -0.307 e. The van der Waals surface area contributed by atoms with Crippen LogP contribution in [0.25, 0.3) is 22.9 Å². The molecule has 2 aliphatic carbocycles. The normalized spacial score (nSPS) is 16.0. The Morgan fingerprint density at radius 3 is 1.85 bits per heavy atom. The first-order valence-electron chi connectivity index (χ1n) is 23.3. The van der Waals surface area contributed by atoms with E-state index in [2.05, 4.69) is 248 Å². The topological polar surface area (TPSA) is 3.24 Å². The van der Waals surface area contributed by atoms with E-state index in [-0.39, 0.29) is 0 Å². The van der Waals surface area contributed by atoms with Gasteiger partial charge in [0.05, 0.1) is 11.1 Å². The van der Waals surface area contributed by atoms with Crippen molar-refractivity contribution in [3.05, 3.63) is 231 Å². The van der Waals surface area contributed by atoms with E-state index >= 15 is 0 Å². The fraction of sp³-hybridized carbons (Fsp3) is 0.231. The summed E-state index contributed by atoms with van der Waals surface area (Å²) in [6, 6.07) is 53.3. The van der Waals surface area contributed by atoms with Crippen molar-refractivity contribution < 1.29 is 0 Å². The summed E-state index contributed by atoms with van der Waals surface area (Å²) in [5, 5.41) is 2.34. The van der Waals surface area contributed by atoms with Crippen LogP contribution in [-0.4, -0.2) is 0 Å². The fourth-order valence-electron chi connectivity index (χ4n) is 9.64. The molecule has 6 aromatic rings. The quantitative estimate of drug-likeness (QED) is 0.109. The van der Waals surface area contributed by atoms with Crippen LogP contribution in [-0.2, 0) is 23.7 Å². The second-order valence-corrected chi connectivity index (χ2v) is 16.6. The van der Waals surface area contributed by atoms with Gasteiger partial charge in [0.25, 0.3) is 0 Å². The Hall–Kier alpha value is -7.24. The number of nitrogens with zero attached hydrogens (tertiary/aromatic N) is 1. The number of fused-ring (bicyclic) bond motifs is 3. The van der Waals surface area contributed by atoms with Crippen molar-refractivity contribution in [2.45, 2.75) is 98.8 Å². The van der Waals surface area contributed by atoms with Crippen LogP contribution in [0.15, 0.2) is 181 Å². The molecule has 0 aromatic heterocycles. The molecule has 0 amide bonds. The molecule has 334 valence electrons. The third-order valence-corrected chi connectivity index (χ3v) is 12.6. The monoisotopic (exact) mass is 864 g/mol. The number of anilines is 1. The minimum absolute atomic E-state index is 0.427. The first kappa shape index (κ1) is 51.4. The highest BCUT2D eigenvalue weighted by Crippen LogP contribution is 2.52. The summed E-state index contributed by atoms with van der Waals surface area (Å²) >= 11 is 0. The van der Waals surface area contributed by atoms with Gasteiger partial charge in [-0.1, -0.05) is 198 Å². The lowest BCUT2D eigenvalue weighted by Gasteiger charge is -2.43. The molecule has 0 heterocycles. The summed E-state index contributed by atoms with van der Waals surface area (Å²) in [5.74, 6) is 2.93. The van der Waals surface area contributed by atoms with Gasteiger partial charge < -0.3 is 4.90 Å². The van der Waals surface area contributed by atoms with E-state index in [1.165, 1.54) is 62.6 Å². The van der Waals surface area contributed by atoms with Crippen molar-refractivity contribution >= 4 is 17.5 Å². The predicted octanol–water partition coefficient (Wildman–Crippen LogP) is 14.9. The lowest BCUT2D eigenvalue weighted by atomic mass is 9.59. The average molecular weight is 864 g/mol. The second-order valence-electron chi connectivity index (χ2n) is 16.6. The Kier molecular flexibility index (Phi) is 19.3. The molecular formula is C65H69N. The molecule has 6 aromatic carbocycles. The number of hydrogen-bond donors (Lipinski definition) is 0. The lowest BCUT2D eigenvalue weighted by Crippen LogP contribution is -2.36. The van der Waals surface area contributed by atoms with Crippen LogP contribution in [0.5, 0.6) is 0 Å². The smallest absolute Gasteiger partial charge is 0.0921 e. The van der Waals surface area contributed by atoms with E-state index in [1.54, 1.807) is 11.1 Å². The van der Waals surface area contributed by atoms with Crippen molar-refractivity contribution in [3.63, 3.8) is 0 Å². The molecule has 0 fully saturated rings. The highest BCUT2D eigenvalue weighted by Gasteiger charge is 2.44. The van der Waals surface area contributed by atoms with E-state index in [4.69, 9.17) is 6.42 Å². The zero-order chi connectivity index (χ0) is 48.3. The number of terminal acetylenes is 3. The van der Waals surface area contributed by atoms with E-state index in [0.717, 1.165) is 35.1 Å². The van der Waals surface area contributed by atoms with E-state index in [1.807, 2.05) is 26.8 Å². The van der Waals surface area contributed by atoms with Gasteiger partial charge in [-0.15, -0.1) is 32.1 Å². The van der Waals surface area contributed by atoms with Crippen molar-refractivity contribution in [1.82, 2.24) is 0 Å². The van der Waals surface area contributed by atoms with Crippen LogP contribution in [0.2, 0.25) is 0 Å². The SMILES string of the molecule is C#C.C#C.C#C/C(=C\C)N(/C(C)=c1\cccc\c1=C\C)c1ccc(-c2ccc3c(c2)C(C(/C=C\C)=C/CC)(c2ccccc2)c2ccccc2C3)cc1.CC.CC1(C)CCc2ccccc21. The first-order valence-corrected chi connectivity index (χ1v) is 23.3. The molecule has 0 bridgehead atoms. The highest BCUT2D eigenvalue weighted by atomic mass is 15.1. The third kappa shape index (κ3) is 10.6. The Balaban J connectivity index is 0.000000475. The van der Waals surface area contributed by atoms with Crippen LogP contribution in [0.4, 0.5) is 5.69 Å². The Labute approximate surface area is 399 Å². The van der Waals surface area contributed by atoms with Crippen LogP contribution in [0.3, 0.4) is 0 Å². The predicted molar refractivity (Wildman–Crippen MR) is 290 cm³/mol. The summed E-state index contributed by atoms with van der Waals surface area (Å²) in [6.07, 6.45) is 37.6. The molecule has 1 unspecified atom stereocenters. The number of benzene rings is 6. The first-order chi connectivity index (χ1) is 32.2. The van der Waals surface area contributed by atoms with Gasteiger partial charge in [0, 0.05) is 16.6 Å². The maximum Gasteiger partial charge on any atom is 0.0921 e. The van der Waals surface area contributed by atoms with Crippen LogP contribution in [0.1, 0.15) is 114 Å². The van der Waals surface area contributed by atoms with Gasteiger partial charge in [0.15, 0.2) is 0 Å². The summed E-state index contributed by atoms with van der Waals surface area (Å²) in [6.45, 7) is 19.2. The molecule has 1 heteroatoms. The minimum atomic E-state index is -0.440. The third-order valence-electron chi connectivity index (χ3n) is 12.6. The standard InChI is InChI=1S/C48H45N.C11H14.C2H6.2C2H2/c1-7-19-41(20-8-2)48(42-23-13-12-14-24-42)46-26-18-16-22-39(46)33-40-28-27-38(34-47(40)48)37-29-31-44(32-30-37)49(43(10-4)11-5)35(6)45-25-17-15-21-36(45)9-3;1-11(2)8-7-9-5-3-4-6-10(9)11;3*1-2/h4,7,9,11-32,34H,8,33H2,1-3,5-6H3;3-6H,7-8H2,1-2H3;1-2H3;2*1-2H/b19-7-,36-9-,41-20+,43-11+,45-35+;;;;. The summed E-state index contributed by atoms with van der Waals surface area (Å²) in [5.41, 5.74) is 16.4. The largest absolute Gasteiger partial charge is 0.307 e. The zero-order valence-electron chi connectivity index (χ0n) is 40.9. The Morgan fingerprint density at radius 1 is 0.667 bits per heavy atom. The highest BCUT2D eigenvalue weighted by molar-refractivity contribution is 5.78. The van der Waals surface area contributed by atoms with Gasteiger partial charge in [0.2, 0.25) is 0 Å². The molecule has 0 saturated carbocycles. The molecule has 2 aliphatic rings. The van der Waals surface area contributed by atoms with Gasteiger partial charge in [-0.05, 0) is 138 Å². The molecule has 0 radical (unpaired) electrons. The summed E-state index contributed by atoms with van der Waals surface area (Å²) in [4.78, 5) is 2.19. The maximum absolute atomic E-state index is 6.08. The second kappa shape index (κ2) is 24.7. The zero-order valence-corrected chi connectivity index (χ0v) is 40.9. The number of hydrogen-bond acceptors (Lipinski definition) is 1. The molecule has 0 aliphatic heterocycles. The van der Waals surface area contributed by atoms with Crippen molar-refractivity contribution in [2.75, 3.05) is 4.90 Å².